The lowest BCUT2D eigenvalue weighted by molar-refractivity contribution is -0.147. The number of halogens is 1. The molecule has 1 heterocycles. The molecule has 2 amide bonds. The normalized spacial score (nSPS) is 14.0. The van der Waals surface area contributed by atoms with Crippen LogP contribution < -0.4 is 0 Å². The van der Waals surface area contributed by atoms with Gasteiger partial charge in [-0.25, -0.2) is 0 Å². The lowest BCUT2D eigenvalue weighted by atomic mass is 10.1. The summed E-state index contributed by atoms with van der Waals surface area (Å²) in [5.41, 5.74) is 0.613. The van der Waals surface area contributed by atoms with E-state index < -0.39 is 17.8 Å². The zero-order chi connectivity index (χ0) is 14.2. The summed E-state index contributed by atoms with van der Waals surface area (Å²) >= 11 is 3.24. The third-order valence-corrected chi connectivity index (χ3v) is 3.08. The SMILES string of the molecule is CC(C)OC(=O)CN1C(=O)c2ccc(Br)cc2C1=O. The first-order chi connectivity index (χ1) is 8.90. The Balaban J connectivity index is 2.21. The summed E-state index contributed by atoms with van der Waals surface area (Å²) < 4.78 is 5.64. The second-order valence-electron chi connectivity index (χ2n) is 4.42. The molecule has 1 aromatic carbocycles. The van der Waals surface area contributed by atoms with Gasteiger partial charge in [0.25, 0.3) is 11.8 Å². The molecule has 0 atom stereocenters. The molecule has 0 saturated carbocycles. The Morgan fingerprint density at radius 1 is 1.26 bits per heavy atom. The fraction of sp³-hybridized carbons (Fsp3) is 0.308. The van der Waals surface area contributed by atoms with Crippen LogP contribution in [0.5, 0.6) is 0 Å². The van der Waals surface area contributed by atoms with Gasteiger partial charge in [0.05, 0.1) is 17.2 Å². The third kappa shape index (κ3) is 2.68. The number of carbonyl (C=O) groups excluding carboxylic acids is 3. The largest absolute Gasteiger partial charge is 0.462 e. The van der Waals surface area contributed by atoms with E-state index in [1.54, 1.807) is 32.0 Å². The molecule has 0 aromatic heterocycles. The number of rotatable bonds is 3. The maximum Gasteiger partial charge on any atom is 0.326 e. The van der Waals surface area contributed by atoms with Crippen molar-refractivity contribution in [2.24, 2.45) is 0 Å². The van der Waals surface area contributed by atoms with Gasteiger partial charge in [-0.15, -0.1) is 0 Å². The number of esters is 1. The van der Waals surface area contributed by atoms with E-state index in [0.29, 0.717) is 15.6 Å². The smallest absolute Gasteiger partial charge is 0.326 e. The molecule has 0 unspecified atom stereocenters. The van der Waals surface area contributed by atoms with Gasteiger partial charge in [-0.2, -0.15) is 0 Å². The minimum Gasteiger partial charge on any atom is -0.462 e. The highest BCUT2D eigenvalue weighted by molar-refractivity contribution is 9.10. The van der Waals surface area contributed by atoms with Crippen LogP contribution in [0, 0.1) is 0 Å². The van der Waals surface area contributed by atoms with Crippen LogP contribution in [-0.2, 0) is 9.53 Å². The first-order valence-electron chi connectivity index (χ1n) is 5.75. The number of hydrogen-bond donors (Lipinski definition) is 0. The summed E-state index contributed by atoms with van der Waals surface area (Å²) in [7, 11) is 0. The lowest BCUT2D eigenvalue weighted by Gasteiger charge is -2.14. The number of imide groups is 1. The third-order valence-electron chi connectivity index (χ3n) is 2.59. The molecule has 6 heteroatoms. The highest BCUT2D eigenvalue weighted by atomic mass is 79.9. The summed E-state index contributed by atoms with van der Waals surface area (Å²) in [5.74, 6) is -1.53. The predicted octanol–water partition coefficient (Wildman–Crippen LogP) is 2.00. The fourth-order valence-corrected chi connectivity index (χ4v) is 2.20. The van der Waals surface area contributed by atoms with Crippen molar-refractivity contribution in [3.63, 3.8) is 0 Å². The van der Waals surface area contributed by atoms with E-state index in [2.05, 4.69) is 15.9 Å². The Bertz CT molecular complexity index is 568. The molecule has 0 fully saturated rings. The average Bonchev–Trinajstić information content (AvgIpc) is 2.53. The Morgan fingerprint density at radius 3 is 2.53 bits per heavy atom. The first kappa shape index (κ1) is 13.7. The van der Waals surface area contributed by atoms with Gasteiger partial charge in [-0.1, -0.05) is 15.9 Å². The molecule has 0 bridgehead atoms. The van der Waals surface area contributed by atoms with E-state index in [4.69, 9.17) is 4.74 Å². The van der Waals surface area contributed by atoms with Gasteiger partial charge in [0.2, 0.25) is 0 Å². The number of fused-ring (bicyclic) bond motifs is 1. The maximum absolute atomic E-state index is 12.1. The van der Waals surface area contributed by atoms with Crippen molar-refractivity contribution in [1.82, 2.24) is 4.90 Å². The van der Waals surface area contributed by atoms with Crippen molar-refractivity contribution in [2.75, 3.05) is 6.54 Å². The van der Waals surface area contributed by atoms with Crippen LogP contribution in [0.25, 0.3) is 0 Å². The van der Waals surface area contributed by atoms with E-state index in [1.165, 1.54) is 0 Å². The molecule has 100 valence electrons. The van der Waals surface area contributed by atoms with Crippen LogP contribution >= 0.6 is 15.9 Å². The fourth-order valence-electron chi connectivity index (χ4n) is 1.84. The number of hydrogen-bond acceptors (Lipinski definition) is 4. The van der Waals surface area contributed by atoms with Gasteiger partial charge in [0.15, 0.2) is 0 Å². The first-order valence-corrected chi connectivity index (χ1v) is 6.54. The van der Waals surface area contributed by atoms with Crippen LogP contribution in [0.3, 0.4) is 0 Å². The molecule has 1 aromatic rings. The molecule has 2 rings (SSSR count). The minimum absolute atomic E-state index is 0.281. The van der Waals surface area contributed by atoms with Crippen LogP contribution in [0.2, 0.25) is 0 Å². The highest BCUT2D eigenvalue weighted by Gasteiger charge is 2.37. The molecular weight excluding hydrogens is 314 g/mol. The number of nitrogens with zero attached hydrogens (tertiary/aromatic N) is 1. The van der Waals surface area contributed by atoms with Gasteiger partial charge in [0.1, 0.15) is 6.54 Å². The van der Waals surface area contributed by atoms with Crippen LogP contribution in [0.4, 0.5) is 0 Å². The van der Waals surface area contributed by atoms with Crippen LogP contribution in [0.15, 0.2) is 22.7 Å². The Hall–Kier alpha value is -1.69. The average molecular weight is 326 g/mol. The molecule has 1 aliphatic heterocycles. The van der Waals surface area contributed by atoms with Crippen molar-refractivity contribution in [2.45, 2.75) is 20.0 Å². The minimum atomic E-state index is -0.594. The molecule has 0 N–H and O–H groups in total. The summed E-state index contributed by atoms with van der Waals surface area (Å²) in [6.45, 7) is 3.05. The van der Waals surface area contributed by atoms with Gasteiger partial charge in [-0.05, 0) is 32.0 Å². The van der Waals surface area contributed by atoms with Crippen LogP contribution in [0.1, 0.15) is 34.6 Å². The van der Waals surface area contributed by atoms with E-state index in [-0.39, 0.29) is 12.6 Å². The maximum atomic E-state index is 12.1. The van der Waals surface area contributed by atoms with Crippen molar-refractivity contribution in [3.8, 4) is 0 Å². The number of carbonyl (C=O) groups is 3. The standard InChI is InChI=1S/C13H12BrNO4/c1-7(2)19-11(16)6-15-12(17)9-4-3-8(14)5-10(9)13(15)18/h3-5,7H,6H2,1-2H3. The molecular formula is C13H12BrNO4. The number of benzene rings is 1. The van der Waals surface area contributed by atoms with Crippen molar-refractivity contribution in [1.29, 1.82) is 0 Å². The topological polar surface area (TPSA) is 63.7 Å². The van der Waals surface area contributed by atoms with Gasteiger partial charge in [0, 0.05) is 4.47 Å². The predicted molar refractivity (Wildman–Crippen MR) is 70.7 cm³/mol. The number of amides is 2. The van der Waals surface area contributed by atoms with E-state index in [1.807, 2.05) is 0 Å². The van der Waals surface area contributed by atoms with E-state index >= 15 is 0 Å². The van der Waals surface area contributed by atoms with Gasteiger partial charge in [-0.3, -0.25) is 19.3 Å². The molecule has 0 aliphatic carbocycles. The van der Waals surface area contributed by atoms with Crippen molar-refractivity contribution < 1.29 is 19.1 Å². The number of ether oxygens (including phenoxy) is 1. The van der Waals surface area contributed by atoms with Crippen LogP contribution in [-0.4, -0.2) is 35.3 Å². The summed E-state index contributed by atoms with van der Waals surface area (Å²) in [5, 5.41) is 0. The molecule has 5 nitrogen and oxygen atoms in total. The Morgan fingerprint density at radius 2 is 1.89 bits per heavy atom. The van der Waals surface area contributed by atoms with E-state index in [0.717, 1.165) is 4.90 Å². The summed E-state index contributed by atoms with van der Waals surface area (Å²) in [4.78, 5) is 36.5. The van der Waals surface area contributed by atoms with Gasteiger partial charge < -0.3 is 4.74 Å². The van der Waals surface area contributed by atoms with Crippen molar-refractivity contribution >= 4 is 33.7 Å². The quantitative estimate of drug-likeness (QED) is 0.629. The lowest BCUT2D eigenvalue weighted by Crippen LogP contribution is -2.36. The zero-order valence-electron chi connectivity index (χ0n) is 10.5. The molecule has 0 radical (unpaired) electrons. The zero-order valence-corrected chi connectivity index (χ0v) is 12.1. The second-order valence-corrected chi connectivity index (χ2v) is 5.34. The Labute approximate surface area is 118 Å². The van der Waals surface area contributed by atoms with Gasteiger partial charge >= 0.3 is 5.97 Å². The Kier molecular flexibility index (Phi) is 3.71. The molecule has 1 aliphatic rings. The summed E-state index contributed by atoms with van der Waals surface area (Å²) in [6.07, 6.45) is -0.281. The molecule has 0 saturated heterocycles. The van der Waals surface area contributed by atoms with E-state index in [9.17, 15) is 14.4 Å². The molecule has 0 spiro atoms. The summed E-state index contributed by atoms with van der Waals surface area (Å²) in [6, 6.07) is 4.82. The van der Waals surface area contributed by atoms with Crippen molar-refractivity contribution in [3.05, 3.63) is 33.8 Å². The monoisotopic (exact) mass is 325 g/mol. The molecule has 19 heavy (non-hydrogen) atoms. The second kappa shape index (κ2) is 5.13. The highest BCUT2D eigenvalue weighted by Crippen LogP contribution is 2.25.